The van der Waals surface area contributed by atoms with Gasteiger partial charge in [0.05, 0.1) is 24.2 Å². The number of carbonyl (C=O) groups is 2. The van der Waals surface area contributed by atoms with Gasteiger partial charge >= 0.3 is 5.92 Å². The van der Waals surface area contributed by atoms with Crippen LogP contribution < -0.4 is 10.1 Å². The van der Waals surface area contributed by atoms with Crippen molar-refractivity contribution in [2.75, 3.05) is 6.54 Å². The number of carbonyl (C=O) groups excluding carboxylic acids is 2. The zero-order valence-corrected chi connectivity index (χ0v) is 20.6. The van der Waals surface area contributed by atoms with Crippen LogP contribution in [0, 0.1) is 17.0 Å². The molecule has 37 heavy (non-hydrogen) atoms. The smallest absolute Gasteiger partial charge is 0.300 e. The van der Waals surface area contributed by atoms with Gasteiger partial charge in [-0.2, -0.15) is 8.78 Å². The number of pyridine rings is 1. The van der Waals surface area contributed by atoms with Crippen molar-refractivity contribution in [2.45, 2.75) is 51.4 Å². The summed E-state index contributed by atoms with van der Waals surface area (Å²) in [6, 6.07) is 9.48. The maximum absolute atomic E-state index is 14.4. The molecule has 0 aliphatic heterocycles. The van der Waals surface area contributed by atoms with Gasteiger partial charge < -0.3 is 14.8 Å². The third-order valence-electron chi connectivity index (χ3n) is 5.24. The Hall–Kier alpha value is -3.99. The first-order valence-corrected chi connectivity index (χ1v) is 11.4. The molecule has 1 amide bonds. The number of hydrogen-bond acceptors (Lipinski definition) is 7. The fourth-order valence-corrected chi connectivity index (χ4v) is 3.21. The lowest BCUT2D eigenvalue weighted by atomic mass is 10.1. The first kappa shape index (κ1) is 29.2. The Labute approximate surface area is 213 Å². The minimum Gasteiger partial charge on any atom is -0.474 e. The number of hydrogen-bond donors (Lipinski definition) is 1. The quantitative estimate of drug-likeness (QED) is 0.157. The molecule has 1 aromatic heterocycles. The molecule has 0 saturated carbocycles. The first-order chi connectivity index (χ1) is 17.5. The number of Topliss-reactive ketones (excluding diaryl/α,β-unsaturated/α-hetero) is 1. The molecule has 2 atom stereocenters. The number of aryl methyl sites for hydroxylation is 1. The van der Waals surface area contributed by atoms with Crippen LogP contribution in [0.25, 0.3) is 0 Å². The van der Waals surface area contributed by atoms with Crippen LogP contribution in [0.2, 0.25) is 0 Å². The van der Waals surface area contributed by atoms with Crippen LogP contribution in [0.5, 0.6) is 5.88 Å². The fourth-order valence-electron chi connectivity index (χ4n) is 3.21. The van der Waals surface area contributed by atoms with Crippen molar-refractivity contribution in [2.24, 2.45) is 0 Å². The number of halogens is 2. The van der Waals surface area contributed by atoms with E-state index in [-0.39, 0.29) is 24.7 Å². The molecule has 0 fully saturated rings. The highest BCUT2D eigenvalue weighted by Crippen LogP contribution is 2.27. The maximum atomic E-state index is 14.4. The number of benzene rings is 1. The Morgan fingerprint density at radius 1 is 1.27 bits per heavy atom. The highest BCUT2D eigenvalue weighted by molar-refractivity contribution is 6.01. The van der Waals surface area contributed by atoms with Gasteiger partial charge in [0.15, 0.2) is 5.69 Å². The molecule has 9 nitrogen and oxygen atoms in total. The molecule has 11 heteroatoms. The number of aromatic nitrogens is 1. The summed E-state index contributed by atoms with van der Waals surface area (Å²) in [4.78, 5) is 40.2. The van der Waals surface area contributed by atoms with Crippen molar-refractivity contribution in [3.05, 3.63) is 88.6 Å². The summed E-state index contributed by atoms with van der Waals surface area (Å²) in [5.74, 6) is -6.00. The minimum absolute atomic E-state index is 0.0131. The van der Waals surface area contributed by atoms with E-state index < -0.39 is 46.6 Å². The topological polar surface area (TPSA) is 121 Å². The van der Waals surface area contributed by atoms with Crippen LogP contribution in [0.15, 0.2) is 61.7 Å². The summed E-state index contributed by atoms with van der Waals surface area (Å²) < 4.78 is 39.6. The Morgan fingerprint density at radius 3 is 2.54 bits per heavy atom. The van der Waals surface area contributed by atoms with E-state index in [4.69, 9.17) is 9.47 Å². The second-order valence-electron chi connectivity index (χ2n) is 8.23. The van der Waals surface area contributed by atoms with Gasteiger partial charge in [0, 0.05) is 11.6 Å². The molecule has 1 heterocycles. The van der Waals surface area contributed by atoms with Crippen LogP contribution in [0.4, 0.5) is 14.5 Å². The molecule has 198 valence electrons. The maximum Gasteiger partial charge on any atom is 0.300 e. The average molecular weight is 518 g/mol. The lowest BCUT2D eigenvalue weighted by Crippen LogP contribution is -2.48. The second kappa shape index (κ2) is 13.4. The molecule has 0 aliphatic carbocycles. The number of amides is 1. The second-order valence-corrected chi connectivity index (χ2v) is 8.23. The van der Waals surface area contributed by atoms with E-state index in [1.807, 2.05) is 0 Å². The Morgan fingerprint density at radius 2 is 1.95 bits per heavy atom. The Kier molecular flexibility index (Phi) is 10.6. The number of ether oxygens (including phenoxy) is 2. The van der Waals surface area contributed by atoms with Crippen molar-refractivity contribution < 1.29 is 32.8 Å². The van der Waals surface area contributed by atoms with Gasteiger partial charge in [-0.1, -0.05) is 43.0 Å². The summed E-state index contributed by atoms with van der Waals surface area (Å²) in [6.07, 6.45) is 0.630. The van der Waals surface area contributed by atoms with Crippen LogP contribution >= 0.6 is 0 Å². The molecule has 0 spiro atoms. The van der Waals surface area contributed by atoms with E-state index in [1.54, 1.807) is 43.3 Å². The lowest BCUT2D eigenvalue weighted by Gasteiger charge is -2.23. The number of alkyl halides is 2. The van der Waals surface area contributed by atoms with Gasteiger partial charge in [0.1, 0.15) is 0 Å². The predicted molar refractivity (Wildman–Crippen MR) is 133 cm³/mol. The SMILES string of the molecule is C=CCC[C@@H](C)Oc1nc(C(=O)CNC(=O)C(OCc2ccccc2)C(F)(F)C=C)c([N+](=O)[O-])cc1C. The van der Waals surface area contributed by atoms with Gasteiger partial charge in [0.2, 0.25) is 17.8 Å². The summed E-state index contributed by atoms with van der Waals surface area (Å²) in [5, 5.41) is 13.6. The molecular weight excluding hydrogens is 488 g/mol. The summed E-state index contributed by atoms with van der Waals surface area (Å²) in [6.45, 7) is 8.85. The highest BCUT2D eigenvalue weighted by atomic mass is 19.3. The predicted octanol–water partition coefficient (Wildman–Crippen LogP) is 4.74. The zero-order valence-electron chi connectivity index (χ0n) is 20.6. The van der Waals surface area contributed by atoms with E-state index in [2.05, 4.69) is 23.5 Å². The number of rotatable bonds is 15. The van der Waals surface area contributed by atoms with Crippen molar-refractivity contribution in [3.63, 3.8) is 0 Å². The van der Waals surface area contributed by atoms with Crippen LogP contribution in [0.1, 0.15) is 41.4 Å². The van der Waals surface area contributed by atoms with Crippen LogP contribution in [0.3, 0.4) is 0 Å². The highest BCUT2D eigenvalue weighted by Gasteiger charge is 2.43. The number of nitrogens with zero attached hydrogens (tertiary/aromatic N) is 2. The number of nitrogens with one attached hydrogen (secondary N) is 1. The molecule has 2 aromatic rings. The normalized spacial score (nSPS) is 12.8. The molecule has 0 radical (unpaired) electrons. The van der Waals surface area contributed by atoms with Gasteiger partial charge in [-0.3, -0.25) is 19.7 Å². The van der Waals surface area contributed by atoms with E-state index in [0.717, 1.165) is 6.07 Å². The summed E-state index contributed by atoms with van der Waals surface area (Å²) in [5.41, 5.74) is -0.293. The molecule has 0 saturated heterocycles. The summed E-state index contributed by atoms with van der Waals surface area (Å²) in [7, 11) is 0. The largest absolute Gasteiger partial charge is 0.474 e. The lowest BCUT2D eigenvalue weighted by molar-refractivity contribution is -0.385. The number of ketones is 1. The van der Waals surface area contributed by atoms with Gasteiger partial charge in [-0.25, -0.2) is 4.98 Å². The first-order valence-electron chi connectivity index (χ1n) is 11.4. The van der Waals surface area contributed by atoms with Crippen molar-refractivity contribution in [1.82, 2.24) is 10.3 Å². The summed E-state index contributed by atoms with van der Waals surface area (Å²) >= 11 is 0. The van der Waals surface area contributed by atoms with Crippen LogP contribution in [-0.2, 0) is 16.1 Å². The van der Waals surface area contributed by atoms with Crippen molar-refractivity contribution in [3.8, 4) is 5.88 Å². The van der Waals surface area contributed by atoms with Crippen molar-refractivity contribution >= 4 is 17.4 Å². The Balaban J connectivity index is 2.20. The molecule has 1 aromatic carbocycles. The van der Waals surface area contributed by atoms with E-state index >= 15 is 0 Å². The van der Waals surface area contributed by atoms with E-state index in [9.17, 15) is 28.5 Å². The number of nitro groups is 1. The third kappa shape index (κ3) is 8.28. The fraction of sp³-hybridized carbons (Fsp3) is 0.346. The molecule has 0 bridgehead atoms. The van der Waals surface area contributed by atoms with Gasteiger partial charge in [-0.15, -0.1) is 6.58 Å². The number of allylic oxidation sites excluding steroid dienone is 1. The van der Waals surface area contributed by atoms with E-state index in [0.29, 0.717) is 24.0 Å². The third-order valence-corrected chi connectivity index (χ3v) is 5.24. The molecule has 1 unspecified atom stereocenters. The minimum atomic E-state index is -3.75. The van der Waals surface area contributed by atoms with Gasteiger partial charge in [-0.05, 0) is 38.3 Å². The van der Waals surface area contributed by atoms with Crippen molar-refractivity contribution in [1.29, 1.82) is 0 Å². The van der Waals surface area contributed by atoms with Crippen LogP contribution in [-0.4, -0.2) is 46.3 Å². The van der Waals surface area contributed by atoms with Gasteiger partial charge in [0.25, 0.3) is 11.6 Å². The molecule has 2 rings (SSSR count). The standard InChI is InChI=1S/C26H29F2N3O6/c1-5-7-11-18(4)37-25-17(3)14-20(31(34)35)22(30-25)21(32)15-29-24(33)23(26(27,28)6-2)36-16-19-12-9-8-10-13-19/h5-6,8-10,12-14,18,23H,1-2,7,11,15-16H2,3-4H3,(H,29,33)/t18-,23?/m1/s1. The molecular formula is C26H29F2N3O6. The monoisotopic (exact) mass is 517 g/mol. The molecule has 0 aliphatic rings. The Bertz CT molecular complexity index is 1140. The molecule has 1 N–H and O–H groups in total. The van der Waals surface area contributed by atoms with E-state index in [1.165, 1.54) is 6.92 Å². The zero-order chi connectivity index (χ0) is 27.6. The average Bonchev–Trinajstić information content (AvgIpc) is 2.87.